The Hall–Kier alpha value is -0.580. The first-order valence-electron chi connectivity index (χ1n) is 4.80. The summed E-state index contributed by atoms with van der Waals surface area (Å²) in [5.74, 6) is -0.263. The third-order valence-corrected chi connectivity index (χ3v) is 2.72. The Morgan fingerprint density at radius 1 is 1.50 bits per heavy atom. The predicted molar refractivity (Wildman–Crippen MR) is 69.6 cm³/mol. The van der Waals surface area contributed by atoms with Gasteiger partial charge in [-0.05, 0) is 18.6 Å². The van der Waals surface area contributed by atoms with Gasteiger partial charge >= 0.3 is 5.97 Å². The number of halogens is 2. The summed E-state index contributed by atoms with van der Waals surface area (Å²) in [5.41, 5.74) is 6.82. The molecule has 0 saturated carbocycles. The van der Waals surface area contributed by atoms with Crippen LogP contribution in [0.25, 0.3) is 0 Å². The largest absolute Gasteiger partial charge is 0.466 e. The van der Waals surface area contributed by atoms with Crippen LogP contribution in [0.4, 0.5) is 0 Å². The second-order valence-electron chi connectivity index (χ2n) is 3.14. The lowest BCUT2D eigenvalue weighted by atomic mass is 10.1. The minimum absolute atomic E-state index is 0. The van der Waals surface area contributed by atoms with E-state index < -0.39 is 0 Å². The zero-order chi connectivity index (χ0) is 11.3. The molecular formula is C11H15BrClNO2. The van der Waals surface area contributed by atoms with Crippen molar-refractivity contribution in [3.05, 3.63) is 34.3 Å². The van der Waals surface area contributed by atoms with E-state index in [0.717, 1.165) is 10.0 Å². The standard InChI is InChI=1S/C11H14BrNO2.ClH/c1-2-15-11(14)7-10(13)8-5-3-4-6-9(8)12;/h3-6,10H,2,7,13H2,1H3;1H/t10-;/m1./s1. The zero-order valence-electron chi connectivity index (χ0n) is 8.98. The van der Waals surface area contributed by atoms with Gasteiger partial charge in [-0.1, -0.05) is 34.1 Å². The molecule has 0 radical (unpaired) electrons. The molecule has 0 unspecified atom stereocenters. The fourth-order valence-corrected chi connectivity index (χ4v) is 1.86. The van der Waals surface area contributed by atoms with Crippen LogP contribution >= 0.6 is 28.3 Å². The van der Waals surface area contributed by atoms with Crippen LogP contribution in [0.15, 0.2) is 28.7 Å². The molecule has 0 fully saturated rings. The number of hydrogen-bond donors (Lipinski definition) is 1. The number of carbonyl (C=O) groups excluding carboxylic acids is 1. The summed E-state index contributed by atoms with van der Waals surface area (Å²) in [6, 6.07) is 7.28. The summed E-state index contributed by atoms with van der Waals surface area (Å²) >= 11 is 3.39. The maximum atomic E-state index is 11.2. The molecule has 1 atom stereocenters. The van der Waals surface area contributed by atoms with E-state index in [1.54, 1.807) is 6.92 Å². The van der Waals surface area contributed by atoms with Crippen molar-refractivity contribution >= 4 is 34.3 Å². The molecule has 3 nitrogen and oxygen atoms in total. The van der Waals surface area contributed by atoms with Crippen molar-refractivity contribution in [3.8, 4) is 0 Å². The van der Waals surface area contributed by atoms with Gasteiger partial charge in [0.2, 0.25) is 0 Å². The van der Waals surface area contributed by atoms with E-state index in [1.807, 2.05) is 24.3 Å². The van der Waals surface area contributed by atoms with Crippen LogP contribution in [-0.2, 0) is 9.53 Å². The summed E-state index contributed by atoms with van der Waals surface area (Å²) in [7, 11) is 0. The van der Waals surface area contributed by atoms with Crippen molar-refractivity contribution in [3.63, 3.8) is 0 Å². The van der Waals surface area contributed by atoms with E-state index in [0.29, 0.717) is 6.61 Å². The fraction of sp³-hybridized carbons (Fsp3) is 0.364. The number of rotatable bonds is 4. The summed E-state index contributed by atoms with van der Waals surface area (Å²) in [6.07, 6.45) is 0.205. The van der Waals surface area contributed by atoms with Gasteiger partial charge in [0.05, 0.1) is 13.0 Å². The van der Waals surface area contributed by atoms with Crippen molar-refractivity contribution in [2.75, 3.05) is 6.61 Å². The van der Waals surface area contributed by atoms with Gasteiger partial charge in [0.15, 0.2) is 0 Å². The van der Waals surface area contributed by atoms with E-state index in [1.165, 1.54) is 0 Å². The molecule has 90 valence electrons. The average molecular weight is 309 g/mol. The third-order valence-electron chi connectivity index (χ3n) is 2.00. The number of carbonyl (C=O) groups is 1. The van der Waals surface area contributed by atoms with Crippen LogP contribution in [0.3, 0.4) is 0 Å². The predicted octanol–water partition coefficient (Wildman–Crippen LogP) is 2.82. The quantitative estimate of drug-likeness (QED) is 0.870. The summed E-state index contributed by atoms with van der Waals surface area (Å²) in [5, 5.41) is 0. The molecule has 0 aromatic heterocycles. The van der Waals surface area contributed by atoms with Crippen LogP contribution in [0.2, 0.25) is 0 Å². The molecule has 1 aromatic rings. The molecule has 0 bridgehead atoms. The molecule has 0 heterocycles. The van der Waals surface area contributed by atoms with E-state index in [9.17, 15) is 4.79 Å². The number of hydrogen-bond acceptors (Lipinski definition) is 3. The summed E-state index contributed by atoms with van der Waals surface area (Å²) < 4.78 is 5.76. The first kappa shape index (κ1) is 15.4. The Morgan fingerprint density at radius 2 is 2.12 bits per heavy atom. The maximum Gasteiger partial charge on any atom is 0.307 e. The van der Waals surface area contributed by atoms with Crippen molar-refractivity contribution in [2.45, 2.75) is 19.4 Å². The normalized spacial score (nSPS) is 11.4. The number of nitrogens with two attached hydrogens (primary N) is 1. The highest BCUT2D eigenvalue weighted by Gasteiger charge is 2.14. The number of esters is 1. The first-order valence-corrected chi connectivity index (χ1v) is 5.60. The van der Waals surface area contributed by atoms with Crippen molar-refractivity contribution in [1.82, 2.24) is 0 Å². The van der Waals surface area contributed by atoms with Gasteiger partial charge in [0.1, 0.15) is 0 Å². The highest BCUT2D eigenvalue weighted by molar-refractivity contribution is 9.10. The fourth-order valence-electron chi connectivity index (χ4n) is 1.29. The minimum Gasteiger partial charge on any atom is -0.466 e. The smallest absolute Gasteiger partial charge is 0.307 e. The average Bonchev–Trinajstić information content (AvgIpc) is 2.18. The second kappa shape index (κ2) is 7.65. The molecule has 1 aromatic carbocycles. The highest BCUT2D eigenvalue weighted by Crippen LogP contribution is 2.23. The molecule has 0 aliphatic heterocycles. The van der Waals surface area contributed by atoms with Crippen LogP contribution < -0.4 is 5.73 Å². The molecule has 0 amide bonds. The van der Waals surface area contributed by atoms with Crippen LogP contribution in [0.1, 0.15) is 24.9 Å². The van der Waals surface area contributed by atoms with Crippen molar-refractivity contribution in [2.24, 2.45) is 5.73 Å². The van der Waals surface area contributed by atoms with E-state index in [4.69, 9.17) is 10.5 Å². The van der Waals surface area contributed by atoms with E-state index in [-0.39, 0.29) is 30.8 Å². The Kier molecular flexibility index (Phi) is 7.38. The summed E-state index contributed by atoms with van der Waals surface area (Å²) in [4.78, 5) is 11.2. The molecule has 0 spiro atoms. The lowest BCUT2D eigenvalue weighted by molar-refractivity contribution is -0.143. The molecule has 2 N–H and O–H groups in total. The third kappa shape index (κ3) is 4.51. The number of benzene rings is 1. The lowest BCUT2D eigenvalue weighted by Crippen LogP contribution is -2.17. The molecule has 1 rings (SSSR count). The van der Waals surface area contributed by atoms with E-state index in [2.05, 4.69) is 15.9 Å². The Labute approximate surface area is 110 Å². The molecule has 5 heteroatoms. The zero-order valence-corrected chi connectivity index (χ0v) is 11.4. The van der Waals surface area contributed by atoms with Gasteiger partial charge in [-0.15, -0.1) is 12.4 Å². The Morgan fingerprint density at radius 3 is 2.69 bits per heavy atom. The van der Waals surface area contributed by atoms with Gasteiger partial charge in [0.25, 0.3) is 0 Å². The first-order chi connectivity index (χ1) is 7.15. The summed E-state index contributed by atoms with van der Waals surface area (Å²) in [6.45, 7) is 2.17. The molecule has 0 aliphatic carbocycles. The maximum absolute atomic E-state index is 11.2. The van der Waals surface area contributed by atoms with Gasteiger partial charge in [-0.2, -0.15) is 0 Å². The SMILES string of the molecule is CCOC(=O)C[C@@H](N)c1ccccc1Br.Cl. The highest BCUT2D eigenvalue weighted by atomic mass is 79.9. The van der Waals surface area contributed by atoms with Crippen molar-refractivity contribution in [1.29, 1.82) is 0 Å². The van der Waals surface area contributed by atoms with Crippen LogP contribution in [0.5, 0.6) is 0 Å². The molecule has 0 aliphatic rings. The topological polar surface area (TPSA) is 52.3 Å². The molecular weight excluding hydrogens is 293 g/mol. The van der Waals surface area contributed by atoms with Gasteiger partial charge in [-0.3, -0.25) is 4.79 Å². The minimum atomic E-state index is -0.320. The molecule has 0 saturated heterocycles. The van der Waals surface area contributed by atoms with E-state index >= 15 is 0 Å². The number of ether oxygens (including phenoxy) is 1. The van der Waals surface area contributed by atoms with Gasteiger partial charge in [0, 0.05) is 10.5 Å². The van der Waals surface area contributed by atoms with Crippen LogP contribution in [0, 0.1) is 0 Å². The Balaban J connectivity index is 0.00000225. The lowest BCUT2D eigenvalue weighted by Gasteiger charge is -2.12. The second-order valence-corrected chi connectivity index (χ2v) is 3.99. The molecule has 16 heavy (non-hydrogen) atoms. The van der Waals surface area contributed by atoms with Gasteiger partial charge in [-0.25, -0.2) is 0 Å². The van der Waals surface area contributed by atoms with Crippen molar-refractivity contribution < 1.29 is 9.53 Å². The van der Waals surface area contributed by atoms with Gasteiger partial charge < -0.3 is 10.5 Å². The van der Waals surface area contributed by atoms with Crippen LogP contribution in [-0.4, -0.2) is 12.6 Å². The monoisotopic (exact) mass is 307 g/mol. The Bertz CT molecular complexity index is 347.